The second kappa shape index (κ2) is 20.7. The first-order valence-corrected chi connectivity index (χ1v) is 16.1. The summed E-state index contributed by atoms with van der Waals surface area (Å²) in [5, 5.41) is 61.0. The predicted octanol–water partition coefficient (Wildman–Crippen LogP) is 0.504. The van der Waals surface area contributed by atoms with Crippen LogP contribution >= 0.6 is 0 Å². The number of carbonyl (C=O) groups is 5. The Morgan fingerprint density at radius 2 is 1.35 bits per heavy atom. The third-order valence-corrected chi connectivity index (χ3v) is 7.51. The van der Waals surface area contributed by atoms with E-state index in [2.05, 4.69) is 21.3 Å². The lowest BCUT2D eigenvalue weighted by Gasteiger charge is -2.31. The molecule has 7 atom stereocenters. The van der Waals surface area contributed by atoms with Crippen LogP contribution in [0.25, 0.3) is 0 Å². The van der Waals surface area contributed by atoms with Gasteiger partial charge in [-0.15, -0.1) is 0 Å². The quantitative estimate of drug-likeness (QED) is 0.0928. The van der Waals surface area contributed by atoms with Crippen LogP contribution in [0, 0.1) is 5.92 Å². The van der Waals surface area contributed by atoms with Crippen LogP contribution in [-0.4, -0.2) is 98.4 Å². The second-order valence-corrected chi connectivity index (χ2v) is 12.0. The molecule has 0 aliphatic carbocycles. The molecule has 0 heterocycles. The van der Waals surface area contributed by atoms with Gasteiger partial charge in [-0.1, -0.05) is 87.9 Å². The van der Waals surface area contributed by atoms with E-state index in [1.54, 1.807) is 75.4 Å². The molecule has 2 rings (SSSR count). The molecule has 0 radical (unpaired) electrons. The second-order valence-electron chi connectivity index (χ2n) is 12.0. The minimum Gasteiger partial charge on any atom is -0.481 e. The van der Waals surface area contributed by atoms with E-state index >= 15 is 0 Å². The molecule has 15 nitrogen and oxygen atoms in total. The largest absolute Gasteiger partial charge is 0.481 e. The Hall–Kier alpha value is -4.57. The third-order valence-electron chi connectivity index (χ3n) is 7.51. The van der Waals surface area contributed by atoms with Crippen LogP contribution in [0.5, 0.6) is 0 Å². The maximum atomic E-state index is 13.3. The van der Waals surface area contributed by atoms with Crippen molar-refractivity contribution in [2.24, 2.45) is 5.92 Å². The van der Waals surface area contributed by atoms with Crippen LogP contribution < -0.4 is 21.3 Å². The zero-order valence-corrected chi connectivity index (χ0v) is 27.8. The van der Waals surface area contributed by atoms with Crippen LogP contribution in [0.4, 0.5) is 4.79 Å². The zero-order valence-electron chi connectivity index (χ0n) is 27.8. The van der Waals surface area contributed by atoms with Crippen LogP contribution in [-0.2, 0) is 30.5 Å². The SMILES string of the molecule is CCC[C@H](NC(=O)OCc1ccccc1)C(=O)N[C@@H](CC(C)C)C(=O)N[C@@H](CO)[C@@H](O)[C@@H](O)[C@H](O)C(=O)N[C@@H](CC(=O)O)c1ccccc1. The molecule has 49 heavy (non-hydrogen) atoms. The highest BCUT2D eigenvalue weighted by molar-refractivity contribution is 5.91. The number of hydrogen-bond acceptors (Lipinski definition) is 10. The maximum Gasteiger partial charge on any atom is 0.408 e. The molecule has 0 fully saturated rings. The van der Waals surface area contributed by atoms with Gasteiger partial charge in [0.15, 0.2) is 6.10 Å². The lowest BCUT2D eigenvalue weighted by molar-refractivity contribution is -0.145. The average molecular weight is 689 g/mol. The Kier molecular flexibility index (Phi) is 17.2. The Bertz CT molecular complexity index is 1350. The summed E-state index contributed by atoms with van der Waals surface area (Å²) in [6.45, 7) is 4.43. The van der Waals surface area contributed by atoms with E-state index in [1.165, 1.54) is 0 Å². The highest BCUT2D eigenvalue weighted by Gasteiger charge is 2.38. The number of aliphatic hydroxyl groups is 4. The number of ether oxygens (including phenoxy) is 1. The number of carbonyl (C=O) groups excluding carboxylic acids is 4. The number of aliphatic carboxylic acids is 1. The van der Waals surface area contributed by atoms with E-state index in [-0.39, 0.29) is 25.4 Å². The zero-order chi connectivity index (χ0) is 36.5. The standard InChI is InChI=1S/C34H48N4O11/c1-4-11-23(38-34(48)49-19-21-12-7-5-8-13-21)31(45)36-25(16-20(2)3)32(46)37-26(18-39)28(42)29(43)30(44)33(47)35-24(17-27(40)41)22-14-9-6-10-15-22/h5-10,12-15,20,23-26,28-30,39,42-44H,4,11,16-19H2,1-3H3,(H,35,47)(H,36,45)(H,37,46)(H,38,48)(H,40,41)/t23-,24-,25-,26-,28+,29+,30-/m0/s1. The number of carboxylic acid groups (broad SMARTS) is 1. The van der Waals surface area contributed by atoms with Crippen molar-refractivity contribution >= 4 is 29.8 Å². The van der Waals surface area contributed by atoms with Gasteiger partial charge in [-0.3, -0.25) is 19.2 Å². The highest BCUT2D eigenvalue weighted by atomic mass is 16.5. The first kappa shape index (κ1) is 40.6. The summed E-state index contributed by atoms with van der Waals surface area (Å²) in [4.78, 5) is 63.2. The number of carboxylic acids is 1. The minimum absolute atomic E-state index is 0.0193. The van der Waals surface area contributed by atoms with Gasteiger partial charge in [-0.2, -0.15) is 0 Å². The summed E-state index contributed by atoms with van der Waals surface area (Å²) < 4.78 is 5.22. The fourth-order valence-corrected chi connectivity index (χ4v) is 4.91. The molecule has 0 aromatic heterocycles. The van der Waals surface area contributed by atoms with Crippen molar-refractivity contribution in [2.45, 2.75) is 95.5 Å². The van der Waals surface area contributed by atoms with E-state index in [1.807, 2.05) is 6.07 Å². The Balaban J connectivity index is 2.08. The van der Waals surface area contributed by atoms with Gasteiger partial charge in [-0.25, -0.2) is 4.79 Å². The van der Waals surface area contributed by atoms with E-state index in [0.717, 1.165) is 5.56 Å². The van der Waals surface area contributed by atoms with Crippen LogP contribution in [0.15, 0.2) is 60.7 Å². The molecule has 9 N–H and O–H groups in total. The van der Waals surface area contributed by atoms with Crippen molar-refractivity contribution in [2.75, 3.05) is 6.61 Å². The average Bonchev–Trinajstić information content (AvgIpc) is 3.08. The highest BCUT2D eigenvalue weighted by Crippen LogP contribution is 2.18. The lowest BCUT2D eigenvalue weighted by atomic mass is 9.98. The predicted molar refractivity (Wildman–Crippen MR) is 176 cm³/mol. The fourth-order valence-electron chi connectivity index (χ4n) is 4.91. The summed E-state index contributed by atoms with van der Waals surface area (Å²) in [5.74, 6) is -4.09. The Morgan fingerprint density at radius 3 is 1.90 bits per heavy atom. The van der Waals surface area contributed by atoms with Crippen molar-refractivity contribution in [1.82, 2.24) is 21.3 Å². The topological polar surface area (TPSA) is 244 Å². The number of rotatable bonds is 20. The molecule has 2 aromatic rings. The molecular formula is C34H48N4O11. The molecular weight excluding hydrogens is 640 g/mol. The van der Waals surface area contributed by atoms with E-state index < -0.39 is 85.3 Å². The van der Waals surface area contributed by atoms with Gasteiger partial charge in [0.05, 0.1) is 25.1 Å². The van der Waals surface area contributed by atoms with E-state index in [4.69, 9.17) is 4.74 Å². The number of alkyl carbamates (subject to hydrolysis) is 1. The molecule has 0 saturated heterocycles. The van der Waals surface area contributed by atoms with Crippen molar-refractivity contribution < 1.29 is 54.2 Å². The number of amides is 4. The molecule has 15 heteroatoms. The van der Waals surface area contributed by atoms with Crippen LogP contribution in [0.1, 0.15) is 63.6 Å². The van der Waals surface area contributed by atoms with Crippen molar-refractivity contribution in [3.05, 3.63) is 71.8 Å². The molecule has 0 unspecified atom stereocenters. The first-order valence-electron chi connectivity index (χ1n) is 16.1. The smallest absolute Gasteiger partial charge is 0.408 e. The fraction of sp³-hybridized carbons (Fsp3) is 0.500. The molecule has 270 valence electrons. The lowest BCUT2D eigenvalue weighted by Crippen LogP contribution is -2.60. The molecule has 4 amide bonds. The van der Waals surface area contributed by atoms with Crippen LogP contribution in [0.2, 0.25) is 0 Å². The molecule has 0 saturated carbocycles. The number of nitrogens with one attached hydrogen (secondary N) is 4. The van der Waals surface area contributed by atoms with Gasteiger partial charge >= 0.3 is 12.1 Å². The monoisotopic (exact) mass is 688 g/mol. The molecule has 2 aromatic carbocycles. The molecule has 0 aliphatic rings. The van der Waals surface area contributed by atoms with Gasteiger partial charge < -0.3 is 51.5 Å². The minimum atomic E-state index is -2.28. The van der Waals surface area contributed by atoms with Gasteiger partial charge in [0, 0.05) is 0 Å². The summed E-state index contributed by atoms with van der Waals surface area (Å²) in [6.07, 6.45) is -7.11. The van der Waals surface area contributed by atoms with Crippen molar-refractivity contribution in [3.8, 4) is 0 Å². The maximum absolute atomic E-state index is 13.3. The normalized spacial score (nSPS) is 15.4. The molecule has 0 bridgehead atoms. The summed E-state index contributed by atoms with van der Waals surface area (Å²) in [6, 6.07) is 12.1. The number of benzene rings is 2. The van der Waals surface area contributed by atoms with E-state index in [0.29, 0.717) is 12.0 Å². The summed E-state index contributed by atoms with van der Waals surface area (Å²) in [7, 11) is 0. The number of hydrogen-bond donors (Lipinski definition) is 9. The first-order chi connectivity index (χ1) is 23.3. The molecule has 0 aliphatic heterocycles. The van der Waals surface area contributed by atoms with Gasteiger partial charge in [-0.05, 0) is 29.9 Å². The van der Waals surface area contributed by atoms with Gasteiger partial charge in [0.25, 0.3) is 5.91 Å². The Morgan fingerprint density at radius 1 is 0.755 bits per heavy atom. The molecule has 0 spiro atoms. The van der Waals surface area contributed by atoms with Gasteiger partial charge in [0.1, 0.15) is 30.9 Å². The van der Waals surface area contributed by atoms with Crippen LogP contribution in [0.3, 0.4) is 0 Å². The van der Waals surface area contributed by atoms with E-state index in [9.17, 15) is 49.5 Å². The number of aliphatic hydroxyl groups excluding tert-OH is 4. The summed E-state index contributed by atoms with van der Waals surface area (Å²) in [5.41, 5.74) is 1.16. The Labute approximate surface area is 285 Å². The summed E-state index contributed by atoms with van der Waals surface area (Å²) >= 11 is 0. The van der Waals surface area contributed by atoms with Gasteiger partial charge in [0.2, 0.25) is 11.8 Å². The van der Waals surface area contributed by atoms with Crippen molar-refractivity contribution in [1.29, 1.82) is 0 Å². The third kappa shape index (κ3) is 13.8. The van der Waals surface area contributed by atoms with Crippen molar-refractivity contribution in [3.63, 3.8) is 0 Å².